The lowest BCUT2D eigenvalue weighted by Crippen LogP contribution is -2.20. The van der Waals surface area contributed by atoms with Gasteiger partial charge in [-0.2, -0.15) is 0 Å². The number of benzene rings is 1. The molecule has 0 atom stereocenters. The zero-order valence-corrected chi connectivity index (χ0v) is 9.56. The summed E-state index contributed by atoms with van der Waals surface area (Å²) in [6.45, 7) is 0. The smallest absolute Gasteiger partial charge is 0.0736 e. The van der Waals surface area contributed by atoms with Crippen molar-refractivity contribution in [3.8, 4) is 0 Å². The number of hydrogen-bond acceptors (Lipinski definition) is 3. The summed E-state index contributed by atoms with van der Waals surface area (Å²) < 4.78 is 0. The lowest BCUT2D eigenvalue weighted by molar-refractivity contribution is 0.774. The molecule has 0 bridgehead atoms. The van der Waals surface area contributed by atoms with Crippen molar-refractivity contribution in [2.24, 2.45) is 0 Å². The van der Waals surface area contributed by atoms with Crippen LogP contribution in [0.15, 0.2) is 42.7 Å². The topological polar surface area (TPSA) is 50.9 Å². The Labute approximate surface area is 101 Å². The summed E-state index contributed by atoms with van der Waals surface area (Å²) in [6.07, 6.45) is 5.58. The number of nitrogens with two attached hydrogens (primary N) is 1. The molecular weight excluding hydrogens is 210 g/mol. The van der Waals surface area contributed by atoms with Gasteiger partial charge < -0.3 is 11.1 Å². The van der Waals surface area contributed by atoms with Crippen LogP contribution in [-0.2, 0) is 12.8 Å². The molecule has 1 aliphatic carbocycles. The molecule has 0 amide bonds. The molecule has 3 heteroatoms. The molecule has 3 rings (SSSR count). The minimum atomic E-state index is 0.442. The second-order valence-corrected chi connectivity index (χ2v) is 4.48. The molecule has 2 aromatic rings. The monoisotopic (exact) mass is 225 g/mol. The lowest BCUT2D eigenvalue weighted by atomic mass is 10.1. The van der Waals surface area contributed by atoms with E-state index in [2.05, 4.69) is 34.6 Å². The van der Waals surface area contributed by atoms with Gasteiger partial charge in [0, 0.05) is 12.2 Å². The van der Waals surface area contributed by atoms with Gasteiger partial charge in [-0.15, -0.1) is 0 Å². The minimum absolute atomic E-state index is 0.442. The summed E-state index contributed by atoms with van der Waals surface area (Å²) in [4.78, 5) is 3.99. The molecule has 1 aromatic heterocycles. The highest BCUT2D eigenvalue weighted by molar-refractivity contribution is 5.65. The number of aromatic nitrogens is 1. The molecule has 3 N–H and O–H groups in total. The maximum absolute atomic E-state index is 5.88. The Morgan fingerprint density at radius 1 is 1.12 bits per heavy atom. The molecule has 1 aliphatic rings. The van der Waals surface area contributed by atoms with Crippen molar-refractivity contribution in [3.63, 3.8) is 0 Å². The zero-order chi connectivity index (χ0) is 11.7. The molecule has 86 valence electrons. The average molecular weight is 225 g/mol. The van der Waals surface area contributed by atoms with Crippen LogP contribution >= 0.6 is 0 Å². The van der Waals surface area contributed by atoms with Crippen molar-refractivity contribution in [1.82, 2.24) is 4.98 Å². The van der Waals surface area contributed by atoms with Crippen molar-refractivity contribution in [3.05, 3.63) is 53.9 Å². The van der Waals surface area contributed by atoms with Crippen LogP contribution in [0, 0.1) is 0 Å². The third-order valence-electron chi connectivity index (χ3n) is 3.26. The average Bonchev–Trinajstić information content (AvgIpc) is 2.74. The fourth-order valence-corrected chi connectivity index (χ4v) is 2.42. The minimum Gasteiger partial charge on any atom is -0.396 e. The maximum atomic E-state index is 5.88. The van der Waals surface area contributed by atoms with Crippen LogP contribution in [0.25, 0.3) is 0 Å². The highest BCUT2D eigenvalue weighted by Crippen LogP contribution is 2.26. The molecule has 0 saturated carbocycles. The first-order valence-electron chi connectivity index (χ1n) is 5.86. The number of nitrogen functional groups attached to an aromatic ring is 1. The molecule has 0 spiro atoms. The van der Waals surface area contributed by atoms with E-state index in [9.17, 15) is 0 Å². The van der Waals surface area contributed by atoms with Crippen LogP contribution in [0.3, 0.4) is 0 Å². The maximum Gasteiger partial charge on any atom is 0.0736 e. The highest BCUT2D eigenvalue weighted by Gasteiger charge is 2.20. The second-order valence-electron chi connectivity index (χ2n) is 4.48. The van der Waals surface area contributed by atoms with E-state index in [1.54, 1.807) is 12.4 Å². The van der Waals surface area contributed by atoms with E-state index in [0.29, 0.717) is 11.7 Å². The van der Waals surface area contributed by atoms with Crippen molar-refractivity contribution in [2.75, 3.05) is 11.1 Å². The normalized spacial score (nSPS) is 14.6. The van der Waals surface area contributed by atoms with Gasteiger partial charge in [0.15, 0.2) is 0 Å². The second kappa shape index (κ2) is 4.09. The van der Waals surface area contributed by atoms with E-state index < -0.39 is 0 Å². The number of hydrogen-bond donors (Lipinski definition) is 2. The summed E-state index contributed by atoms with van der Waals surface area (Å²) in [6, 6.07) is 11.0. The molecular formula is C14H15N3. The molecule has 0 radical (unpaired) electrons. The molecule has 17 heavy (non-hydrogen) atoms. The van der Waals surface area contributed by atoms with E-state index in [1.807, 2.05) is 6.07 Å². The Balaban J connectivity index is 1.76. The molecule has 1 aromatic carbocycles. The number of rotatable bonds is 2. The molecule has 0 fully saturated rings. The van der Waals surface area contributed by atoms with Crippen LogP contribution in [-0.4, -0.2) is 11.0 Å². The first kappa shape index (κ1) is 10.1. The summed E-state index contributed by atoms with van der Waals surface area (Å²) in [5.74, 6) is 0. The molecule has 3 nitrogen and oxygen atoms in total. The third-order valence-corrected chi connectivity index (χ3v) is 3.26. The van der Waals surface area contributed by atoms with E-state index >= 15 is 0 Å². The first-order valence-corrected chi connectivity index (χ1v) is 5.86. The number of nitrogens with one attached hydrogen (secondary N) is 1. The largest absolute Gasteiger partial charge is 0.396 e. The Morgan fingerprint density at radius 2 is 1.82 bits per heavy atom. The molecule has 0 aliphatic heterocycles. The summed E-state index contributed by atoms with van der Waals surface area (Å²) >= 11 is 0. The predicted molar refractivity (Wildman–Crippen MR) is 69.9 cm³/mol. The third kappa shape index (κ3) is 1.96. The van der Waals surface area contributed by atoms with Crippen molar-refractivity contribution < 1.29 is 0 Å². The zero-order valence-electron chi connectivity index (χ0n) is 9.56. The highest BCUT2D eigenvalue weighted by atomic mass is 14.9. The van der Waals surface area contributed by atoms with Crippen molar-refractivity contribution >= 4 is 11.4 Å². The van der Waals surface area contributed by atoms with Crippen molar-refractivity contribution in [2.45, 2.75) is 18.9 Å². The van der Waals surface area contributed by atoms with Crippen LogP contribution in [0.2, 0.25) is 0 Å². The van der Waals surface area contributed by atoms with Gasteiger partial charge in [-0.25, -0.2) is 0 Å². The van der Waals surface area contributed by atoms with Crippen LogP contribution in [0.1, 0.15) is 11.1 Å². The van der Waals surface area contributed by atoms with Gasteiger partial charge in [0.05, 0.1) is 17.6 Å². The number of nitrogens with zero attached hydrogens (tertiary/aromatic N) is 1. The lowest BCUT2D eigenvalue weighted by Gasteiger charge is -2.14. The molecule has 1 heterocycles. The van der Waals surface area contributed by atoms with Gasteiger partial charge in [0.25, 0.3) is 0 Å². The number of pyridine rings is 1. The Hall–Kier alpha value is -2.03. The first-order chi connectivity index (χ1) is 8.33. The van der Waals surface area contributed by atoms with E-state index in [-0.39, 0.29) is 0 Å². The summed E-state index contributed by atoms with van der Waals surface area (Å²) in [5, 5.41) is 3.49. The molecule has 0 unspecified atom stereocenters. The standard InChI is InChI=1S/C14H15N3/c15-13-9-16-6-5-14(13)17-12-7-10-3-1-2-4-11(10)8-12/h1-6,9,12H,7-8,15H2,(H,16,17). The number of anilines is 2. The quantitative estimate of drug-likeness (QED) is 0.824. The fraction of sp³-hybridized carbons (Fsp3) is 0.214. The van der Waals surface area contributed by atoms with Crippen LogP contribution in [0.4, 0.5) is 11.4 Å². The Bertz CT molecular complexity index is 511. The van der Waals surface area contributed by atoms with Gasteiger partial charge in [0.2, 0.25) is 0 Å². The molecule has 0 saturated heterocycles. The summed E-state index contributed by atoms with van der Waals surface area (Å²) in [5.41, 5.74) is 10.5. The van der Waals surface area contributed by atoms with Gasteiger partial charge in [-0.3, -0.25) is 4.98 Å². The Kier molecular flexibility index (Phi) is 2.44. The van der Waals surface area contributed by atoms with E-state index in [1.165, 1.54) is 11.1 Å². The van der Waals surface area contributed by atoms with E-state index in [0.717, 1.165) is 18.5 Å². The van der Waals surface area contributed by atoms with Gasteiger partial charge >= 0.3 is 0 Å². The van der Waals surface area contributed by atoms with E-state index in [4.69, 9.17) is 5.73 Å². The number of fused-ring (bicyclic) bond motifs is 1. The van der Waals surface area contributed by atoms with Gasteiger partial charge in [-0.05, 0) is 30.0 Å². The van der Waals surface area contributed by atoms with Gasteiger partial charge in [-0.1, -0.05) is 24.3 Å². The van der Waals surface area contributed by atoms with Crippen LogP contribution in [0.5, 0.6) is 0 Å². The summed E-state index contributed by atoms with van der Waals surface area (Å²) in [7, 11) is 0. The van der Waals surface area contributed by atoms with Crippen LogP contribution < -0.4 is 11.1 Å². The fourth-order valence-electron chi connectivity index (χ4n) is 2.42. The Morgan fingerprint density at radius 3 is 2.47 bits per heavy atom. The SMILES string of the molecule is Nc1cnccc1NC1Cc2ccccc2C1. The predicted octanol–water partition coefficient (Wildman–Crippen LogP) is 2.24. The van der Waals surface area contributed by atoms with Gasteiger partial charge in [0.1, 0.15) is 0 Å². The van der Waals surface area contributed by atoms with Crippen molar-refractivity contribution in [1.29, 1.82) is 0 Å².